The highest BCUT2D eigenvalue weighted by Crippen LogP contribution is 2.29. The smallest absolute Gasteiger partial charge is 0.406 e. The fourth-order valence-electron chi connectivity index (χ4n) is 2.73. The molecule has 0 aliphatic carbocycles. The Kier molecular flexibility index (Phi) is 7.16. The lowest BCUT2D eigenvalue weighted by molar-refractivity contribution is -0.156. The Bertz CT molecular complexity index is 1010. The SMILES string of the molecule is CCOc1ccc(-n2c(SCC(=O)N(C)CC(F)(F)F)nnc2-c2cccnc2)cc1. The zero-order valence-electron chi connectivity index (χ0n) is 16.8. The number of nitrogens with zero attached hydrogens (tertiary/aromatic N) is 5. The molecule has 31 heavy (non-hydrogen) atoms. The molecule has 3 rings (SSSR count). The minimum absolute atomic E-state index is 0.214. The van der Waals surface area contributed by atoms with E-state index in [1.807, 2.05) is 25.1 Å². The molecule has 0 saturated carbocycles. The molecule has 164 valence electrons. The van der Waals surface area contributed by atoms with E-state index in [9.17, 15) is 18.0 Å². The molecule has 0 saturated heterocycles. The predicted octanol–water partition coefficient (Wildman–Crippen LogP) is 3.84. The van der Waals surface area contributed by atoms with Crippen LogP contribution in [0, 0.1) is 0 Å². The van der Waals surface area contributed by atoms with Crippen LogP contribution in [0.4, 0.5) is 13.2 Å². The van der Waals surface area contributed by atoms with E-state index in [0.717, 1.165) is 18.8 Å². The molecule has 2 aromatic heterocycles. The van der Waals surface area contributed by atoms with E-state index >= 15 is 0 Å². The first kappa shape index (κ1) is 22.6. The fourth-order valence-corrected chi connectivity index (χ4v) is 3.62. The number of carbonyl (C=O) groups is 1. The second kappa shape index (κ2) is 9.82. The molecule has 0 fully saturated rings. The van der Waals surface area contributed by atoms with E-state index in [0.29, 0.717) is 39.5 Å². The van der Waals surface area contributed by atoms with E-state index < -0.39 is 18.6 Å². The van der Waals surface area contributed by atoms with Gasteiger partial charge in [-0.15, -0.1) is 10.2 Å². The molecule has 7 nitrogen and oxygen atoms in total. The number of hydrogen-bond acceptors (Lipinski definition) is 6. The van der Waals surface area contributed by atoms with Crippen LogP contribution < -0.4 is 4.74 Å². The van der Waals surface area contributed by atoms with Gasteiger partial charge in [0.25, 0.3) is 0 Å². The molecule has 1 amide bonds. The van der Waals surface area contributed by atoms with Crippen molar-refractivity contribution in [2.75, 3.05) is 26.0 Å². The van der Waals surface area contributed by atoms with Crippen LogP contribution in [0.2, 0.25) is 0 Å². The molecule has 0 N–H and O–H groups in total. The quantitative estimate of drug-likeness (QED) is 0.485. The third-order valence-corrected chi connectivity index (χ3v) is 5.04. The highest BCUT2D eigenvalue weighted by Gasteiger charge is 2.31. The Morgan fingerprint density at radius 3 is 2.55 bits per heavy atom. The van der Waals surface area contributed by atoms with Gasteiger partial charge in [-0.25, -0.2) is 0 Å². The van der Waals surface area contributed by atoms with Crippen molar-refractivity contribution in [1.29, 1.82) is 0 Å². The number of benzene rings is 1. The zero-order valence-corrected chi connectivity index (χ0v) is 17.7. The van der Waals surface area contributed by atoms with E-state index in [2.05, 4.69) is 15.2 Å². The maximum absolute atomic E-state index is 12.6. The second-order valence-corrected chi connectivity index (χ2v) is 7.41. The van der Waals surface area contributed by atoms with Gasteiger partial charge in [-0.1, -0.05) is 11.8 Å². The Balaban J connectivity index is 1.88. The molecule has 2 heterocycles. The maximum atomic E-state index is 12.6. The van der Waals surface area contributed by atoms with E-state index in [-0.39, 0.29) is 5.75 Å². The molecule has 0 aliphatic rings. The molecule has 1 aromatic carbocycles. The van der Waals surface area contributed by atoms with Crippen molar-refractivity contribution in [2.24, 2.45) is 0 Å². The van der Waals surface area contributed by atoms with Gasteiger partial charge in [0.05, 0.1) is 12.4 Å². The van der Waals surface area contributed by atoms with Gasteiger partial charge in [-0.2, -0.15) is 13.2 Å². The predicted molar refractivity (Wildman–Crippen MR) is 110 cm³/mol. The van der Waals surface area contributed by atoms with E-state index in [4.69, 9.17) is 4.74 Å². The van der Waals surface area contributed by atoms with Gasteiger partial charge in [0.2, 0.25) is 5.91 Å². The number of thioether (sulfide) groups is 1. The number of alkyl halides is 3. The van der Waals surface area contributed by atoms with Crippen LogP contribution >= 0.6 is 11.8 Å². The van der Waals surface area contributed by atoms with Crippen LogP contribution in [0.3, 0.4) is 0 Å². The first-order valence-electron chi connectivity index (χ1n) is 9.31. The second-order valence-electron chi connectivity index (χ2n) is 6.46. The summed E-state index contributed by atoms with van der Waals surface area (Å²) in [6.07, 6.45) is -1.19. The molecule has 0 radical (unpaired) electrons. The Hall–Kier alpha value is -3.08. The van der Waals surface area contributed by atoms with Crippen molar-refractivity contribution < 1.29 is 22.7 Å². The number of pyridine rings is 1. The largest absolute Gasteiger partial charge is 0.494 e. The molecular formula is C20H20F3N5O2S. The number of amides is 1. The highest BCUT2D eigenvalue weighted by molar-refractivity contribution is 7.99. The van der Waals surface area contributed by atoms with Crippen LogP contribution in [0.1, 0.15) is 6.92 Å². The van der Waals surface area contributed by atoms with Crippen LogP contribution in [-0.2, 0) is 4.79 Å². The van der Waals surface area contributed by atoms with Crippen LogP contribution in [0.5, 0.6) is 5.75 Å². The zero-order chi connectivity index (χ0) is 22.4. The number of carbonyl (C=O) groups excluding carboxylic acids is 1. The first-order valence-corrected chi connectivity index (χ1v) is 10.3. The van der Waals surface area contributed by atoms with Gasteiger partial charge in [-0.05, 0) is 43.3 Å². The monoisotopic (exact) mass is 451 g/mol. The van der Waals surface area contributed by atoms with Gasteiger partial charge in [-0.3, -0.25) is 14.3 Å². The summed E-state index contributed by atoms with van der Waals surface area (Å²) in [6.45, 7) is 1.11. The summed E-state index contributed by atoms with van der Waals surface area (Å²) in [4.78, 5) is 16.9. The van der Waals surface area contributed by atoms with E-state index in [1.54, 1.807) is 35.2 Å². The molecule has 0 bridgehead atoms. The summed E-state index contributed by atoms with van der Waals surface area (Å²) < 4.78 is 44.9. The number of rotatable bonds is 8. The van der Waals surface area contributed by atoms with Gasteiger partial charge < -0.3 is 9.64 Å². The number of hydrogen-bond donors (Lipinski definition) is 0. The first-order chi connectivity index (χ1) is 14.8. The Morgan fingerprint density at radius 2 is 1.94 bits per heavy atom. The van der Waals surface area contributed by atoms with E-state index in [1.165, 1.54) is 0 Å². The highest BCUT2D eigenvalue weighted by atomic mass is 32.2. The number of halogens is 3. The van der Waals surface area contributed by atoms with Crippen molar-refractivity contribution in [3.63, 3.8) is 0 Å². The van der Waals surface area contributed by atoms with Gasteiger partial charge in [0.1, 0.15) is 12.3 Å². The molecule has 3 aromatic rings. The third kappa shape index (κ3) is 5.97. The fraction of sp³-hybridized carbons (Fsp3) is 0.300. The Labute approximate surface area is 181 Å². The van der Waals surface area contributed by atoms with Gasteiger partial charge in [0, 0.05) is 30.7 Å². The molecule has 11 heteroatoms. The molecule has 0 spiro atoms. The molecular weight excluding hydrogens is 431 g/mol. The topological polar surface area (TPSA) is 73.1 Å². The number of aromatic nitrogens is 4. The number of ether oxygens (including phenoxy) is 1. The standard InChI is InChI=1S/C20H20F3N5O2S/c1-3-30-16-8-6-15(7-9-16)28-18(14-5-4-10-24-11-14)25-26-19(28)31-12-17(29)27(2)13-20(21,22)23/h4-11H,3,12-13H2,1-2H3. The van der Waals surface area contributed by atoms with Crippen LogP contribution in [0.15, 0.2) is 53.9 Å². The lowest BCUT2D eigenvalue weighted by Crippen LogP contribution is -2.36. The van der Waals surface area contributed by atoms with Crippen LogP contribution in [-0.4, -0.2) is 62.7 Å². The normalized spacial score (nSPS) is 11.4. The van der Waals surface area contributed by atoms with Crippen molar-refractivity contribution in [1.82, 2.24) is 24.6 Å². The lowest BCUT2D eigenvalue weighted by atomic mass is 10.2. The Morgan fingerprint density at radius 1 is 1.19 bits per heavy atom. The molecule has 0 atom stereocenters. The summed E-state index contributed by atoms with van der Waals surface area (Å²) in [6, 6.07) is 10.8. The van der Waals surface area contributed by atoms with Crippen LogP contribution in [0.25, 0.3) is 17.1 Å². The minimum atomic E-state index is -4.45. The van der Waals surface area contributed by atoms with Crippen molar-refractivity contribution in [2.45, 2.75) is 18.3 Å². The van der Waals surface area contributed by atoms with Crippen molar-refractivity contribution in [3.8, 4) is 22.8 Å². The molecule has 0 unspecified atom stereocenters. The van der Waals surface area contributed by atoms with Crippen molar-refractivity contribution >= 4 is 17.7 Å². The lowest BCUT2D eigenvalue weighted by Gasteiger charge is -2.18. The van der Waals surface area contributed by atoms with Gasteiger partial charge in [0.15, 0.2) is 11.0 Å². The summed E-state index contributed by atoms with van der Waals surface area (Å²) >= 11 is 1.01. The van der Waals surface area contributed by atoms with Crippen molar-refractivity contribution in [3.05, 3.63) is 48.8 Å². The summed E-state index contributed by atoms with van der Waals surface area (Å²) in [5, 5.41) is 8.75. The average molecular weight is 451 g/mol. The summed E-state index contributed by atoms with van der Waals surface area (Å²) in [7, 11) is 1.12. The summed E-state index contributed by atoms with van der Waals surface area (Å²) in [5.74, 6) is 0.317. The summed E-state index contributed by atoms with van der Waals surface area (Å²) in [5.41, 5.74) is 1.42. The average Bonchev–Trinajstić information content (AvgIpc) is 3.16. The minimum Gasteiger partial charge on any atom is -0.494 e. The van der Waals surface area contributed by atoms with Gasteiger partial charge >= 0.3 is 6.18 Å². The molecule has 0 aliphatic heterocycles. The maximum Gasteiger partial charge on any atom is 0.406 e. The third-order valence-electron chi connectivity index (χ3n) is 4.13.